The maximum absolute atomic E-state index is 5.79. The lowest BCUT2D eigenvalue weighted by molar-refractivity contribution is 0.818. The molecule has 2 heteroatoms. The van der Waals surface area contributed by atoms with E-state index in [9.17, 15) is 0 Å². The maximum Gasteiger partial charge on any atom is 0.0359 e. The summed E-state index contributed by atoms with van der Waals surface area (Å²) < 4.78 is 0. The minimum absolute atomic E-state index is 0.847. The highest BCUT2D eigenvalue weighted by molar-refractivity contribution is 5.48. The lowest BCUT2D eigenvalue weighted by atomic mass is 10.1. The van der Waals surface area contributed by atoms with Crippen LogP contribution in [-0.2, 0) is 13.0 Å². The van der Waals surface area contributed by atoms with Gasteiger partial charge < -0.3 is 11.1 Å². The average Bonchev–Trinajstić information content (AvgIpc) is 2.09. The van der Waals surface area contributed by atoms with E-state index in [1.807, 2.05) is 13.1 Å². The zero-order valence-electron chi connectivity index (χ0n) is 7.72. The summed E-state index contributed by atoms with van der Waals surface area (Å²) in [4.78, 5) is 0. The first-order valence-electron chi connectivity index (χ1n) is 4.29. The molecule has 0 aliphatic heterocycles. The fourth-order valence-corrected chi connectivity index (χ4v) is 1.22. The first kappa shape index (κ1) is 9.07. The van der Waals surface area contributed by atoms with E-state index < -0.39 is 0 Å². The van der Waals surface area contributed by atoms with E-state index in [0.717, 1.165) is 18.7 Å². The SMILES string of the molecule is CCc1ccc(N)c(CNC)c1. The van der Waals surface area contributed by atoms with Gasteiger partial charge in [0.2, 0.25) is 0 Å². The zero-order valence-corrected chi connectivity index (χ0v) is 7.72. The van der Waals surface area contributed by atoms with Gasteiger partial charge in [-0.15, -0.1) is 0 Å². The smallest absolute Gasteiger partial charge is 0.0359 e. The molecule has 0 saturated carbocycles. The van der Waals surface area contributed by atoms with Crippen molar-refractivity contribution in [1.82, 2.24) is 5.32 Å². The number of benzene rings is 1. The third kappa shape index (κ3) is 1.98. The van der Waals surface area contributed by atoms with Gasteiger partial charge in [-0.25, -0.2) is 0 Å². The second-order valence-electron chi connectivity index (χ2n) is 2.92. The van der Waals surface area contributed by atoms with Gasteiger partial charge in [-0.3, -0.25) is 0 Å². The van der Waals surface area contributed by atoms with Gasteiger partial charge in [0.25, 0.3) is 0 Å². The Kier molecular flexibility index (Phi) is 3.11. The van der Waals surface area contributed by atoms with Crippen LogP contribution in [-0.4, -0.2) is 7.05 Å². The second-order valence-corrected chi connectivity index (χ2v) is 2.92. The molecule has 1 rings (SSSR count). The van der Waals surface area contributed by atoms with Crippen LogP contribution in [0.5, 0.6) is 0 Å². The quantitative estimate of drug-likeness (QED) is 0.665. The van der Waals surface area contributed by atoms with Gasteiger partial charge in [0.1, 0.15) is 0 Å². The number of rotatable bonds is 3. The number of anilines is 1. The second kappa shape index (κ2) is 4.12. The number of nitrogens with two attached hydrogens (primary N) is 1. The van der Waals surface area contributed by atoms with Gasteiger partial charge >= 0.3 is 0 Å². The van der Waals surface area contributed by atoms with Gasteiger partial charge in [0.15, 0.2) is 0 Å². The van der Waals surface area contributed by atoms with Gasteiger partial charge in [0, 0.05) is 12.2 Å². The Bertz CT molecular complexity index is 256. The number of nitrogen functional groups attached to an aromatic ring is 1. The van der Waals surface area contributed by atoms with Crippen LogP contribution in [0.1, 0.15) is 18.1 Å². The van der Waals surface area contributed by atoms with E-state index in [1.165, 1.54) is 11.1 Å². The van der Waals surface area contributed by atoms with Crippen LogP contribution in [0.4, 0.5) is 5.69 Å². The molecule has 0 saturated heterocycles. The Morgan fingerprint density at radius 2 is 2.17 bits per heavy atom. The first-order chi connectivity index (χ1) is 5.77. The number of aryl methyl sites for hydroxylation is 1. The molecule has 0 aliphatic rings. The van der Waals surface area contributed by atoms with Crippen LogP contribution in [0.3, 0.4) is 0 Å². The van der Waals surface area contributed by atoms with Crippen molar-refractivity contribution in [2.24, 2.45) is 0 Å². The molecular formula is C10H16N2. The predicted octanol–water partition coefficient (Wildman–Crippen LogP) is 1.55. The highest BCUT2D eigenvalue weighted by atomic mass is 14.8. The van der Waals surface area contributed by atoms with E-state index in [4.69, 9.17) is 5.73 Å². The van der Waals surface area contributed by atoms with Crippen LogP contribution in [0, 0.1) is 0 Å². The third-order valence-electron chi connectivity index (χ3n) is 1.98. The van der Waals surface area contributed by atoms with Crippen molar-refractivity contribution in [3.05, 3.63) is 29.3 Å². The summed E-state index contributed by atoms with van der Waals surface area (Å²) in [5.74, 6) is 0. The molecule has 0 aliphatic carbocycles. The van der Waals surface area contributed by atoms with Crippen molar-refractivity contribution in [2.45, 2.75) is 19.9 Å². The van der Waals surface area contributed by atoms with E-state index in [2.05, 4.69) is 24.4 Å². The van der Waals surface area contributed by atoms with Crippen LogP contribution >= 0.6 is 0 Å². The summed E-state index contributed by atoms with van der Waals surface area (Å²) in [5, 5.41) is 3.10. The highest BCUT2D eigenvalue weighted by Gasteiger charge is 1.98. The van der Waals surface area contributed by atoms with E-state index >= 15 is 0 Å². The molecule has 0 atom stereocenters. The van der Waals surface area contributed by atoms with Crippen molar-refractivity contribution in [1.29, 1.82) is 0 Å². The Balaban J connectivity index is 2.91. The molecule has 2 nitrogen and oxygen atoms in total. The Morgan fingerprint density at radius 3 is 2.75 bits per heavy atom. The molecule has 0 heterocycles. The molecule has 1 aromatic carbocycles. The minimum Gasteiger partial charge on any atom is -0.398 e. The molecule has 3 N–H and O–H groups in total. The monoisotopic (exact) mass is 164 g/mol. The molecule has 0 bridgehead atoms. The fourth-order valence-electron chi connectivity index (χ4n) is 1.22. The normalized spacial score (nSPS) is 10.2. The molecule has 0 amide bonds. The molecule has 1 aromatic rings. The van der Waals surface area contributed by atoms with Crippen LogP contribution in [0.15, 0.2) is 18.2 Å². The molecule has 0 radical (unpaired) electrons. The molecule has 0 unspecified atom stereocenters. The molecule has 0 spiro atoms. The first-order valence-corrected chi connectivity index (χ1v) is 4.29. The standard InChI is InChI=1S/C10H16N2/c1-3-8-4-5-10(11)9(6-8)7-12-2/h4-6,12H,3,7,11H2,1-2H3. The summed E-state index contributed by atoms with van der Waals surface area (Å²) >= 11 is 0. The largest absolute Gasteiger partial charge is 0.398 e. The molecular weight excluding hydrogens is 148 g/mol. The molecule has 0 aromatic heterocycles. The van der Waals surface area contributed by atoms with E-state index in [1.54, 1.807) is 0 Å². The van der Waals surface area contributed by atoms with Crippen molar-refractivity contribution in [3.8, 4) is 0 Å². The summed E-state index contributed by atoms with van der Waals surface area (Å²) in [6.45, 7) is 2.99. The number of nitrogens with one attached hydrogen (secondary N) is 1. The van der Waals surface area contributed by atoms with Gasteiger partial charge in [-0.05, 0) is 30.7 Å². The van der Waals surface area contributed by atoms with Crippen LogP contribution in [0.25, 0.3) is 0 Å². The number of hydrogen-bond donors (Lipinski definition) is 2. The van der Waals surface area contributed by atoms with Crippen molar-refractivity contribution in [3.63, 3.8) is 0 Å². The number of hydrogen-bond acceptors (Lipinski definition) is 2. The summed E-state index contributed by atoms with van der Waals surface area (Å²) in [6.07, 6.45) is 1.07. The van der Waals surface area contributed by atoms with Crippen LogP contribution < -0.4 is 11.1 Å². The Hall–Kier alpha value is -1.02. The predicted molar refractivity (Wildman–Crippen MR) is 53.0 cm³/mol. The fraction of sp³-hybridized carbons (Fsp3) is 0.400. The third-order valence-corrected chi connectivity index (χ3v) is 1.98. The summed E-state index contributed by atoms with van der Waals surface area (Å²) in [5.41, 5.74) is 9.20. The van der Waals surface area contributed by atoms with Crippen molar-refractivity contribution < 1.29 is 0 Å². The maximum atomic E-state index is 5.79. The lowest BCUT2D eigenvalue weighted by Gasteiger charge is -2.06. The molecule has 66 valence electrons. The van der Waals surface area contributed by atoms with E-state index in [-0.39, 0.29) is 0 Å². The highest BCUT2D eigenvalue weighted by Crippen LogP contribution is 2.14. The molecule has 0 fully saturated rings. The van der Waals surface area contributed by atoms with Gasteiger partial charge in [-0.1, -0.05) is 19.1 Å². The van der Waals surface area contributed by atoms with Crippen molar-refractivity contribution in [2.75, 3.05) is 12.8 Å². The topological polar surface area (TPSA) is 38.0 Å². The van der Waals surface area contributed by atoms with Crippen LogP contribution in [0.2, 0.25) is 0 Å². The van der Waals surface area contributed by atoms with Crippen molar-refractivity contribution >= 4 is 5.69 Å². The summed E-state index contributed by atoms with van der Waals surface area (Å²) in [6, 6.07) is 6.21. The van der Waals surface area contributed by atoms with Gasteiger partial charge in [-0.2, -0.15) is 0 Å². The lowest BCUT2D eigenvalue weighted by Crippen LogP contribution is -2.07. The Morgan fingerprint density at radius 1 is 1.42 bits per heavy atom. The molecule has 12 heavy (non-hydrogen) atoms. The summed E-state index contributed by atoms with van der Waals surface area (Å²) in [7, 11) is 1.93. The average molecular weight is 164 g/mol. The minimum atomic E-state index is 0.847. The zero-order chi connectivity index (χ0) is 8.97. The van der Waals surface area contributed by atoms with Gasteiger partial charge in [0.05, 0.1) is 0 Å². The van der Waals surface area contributed by atoms with E-state index in [0.29, 0.717) is 0 Å². The Labute approximate surface area is 73.8 Å².